The minimum absolute atomic E-state index is 0.480. The summed E-state index contributed by atoms with van der Waals surface area (Å²) >= 11 is 0. The topological polar surface area (TPSA) is 242 Å². The lowest BCUT2D eigenvalue weighted by Crippen LogP contribution is -2.62. The van der Waals surface area contributed by atoms with Gasteiger partial charge in [0.25, 0.3) is 0 Å². The van der Waals surface area contributed by atoms with Crippen LogP contribution in [-0.2, 0) is 33.3 Å². The van der Waals surface area contributed by atoms with Gasteiger partial charge in [0.1, 0.15) is 49.3 Å². The summed E-state index contributed by atoms with van der Waals surface area (Å²) in [4.78, 5) is 21.3. The molecule has 3 rings (SSSR count). The van der Waals surface area contributed by atoms with Gasteiger partial charge < -0.3 is 64.5 Å². The fourth-order valence-corrected chi connectivity index (χ4v) is 3.27. The molecule has 0 aromatic carbocycles. The first-order valence-electron chi connectivity index (χ1n) is 10.1. The van der Waals surface area contributed by atoms with Crippen LogP contribution >= 0.6 is 0 Å². The standard InChI is InChI=1S/C12H22O11.C6H8O4/c13-1-4-6(16)8(18)9(19)11(21-4)23-12(3-15)10(20)7(17)5(2-14)22-12;1-3-5(7)10-4(2)6(8)9-3/h4-11,13-20H,1-3H2;3-4H,1-2H3/t4-,5-,6-,7-,8+,9-,10+,11-,12+;/m1./s1. The maximum Gasteiger partial charge on any atom is 0.347 e. The number of esters is 2. The number of cyclic esters (lactones) is 2. The maximum atomic E-state index is 10.7. The predicted octanol–water partition coefficient (Wildman–Crippen LogP) is -5.53. The van der Waals surface area contributed by atoms with Crippen LogP contribution in [0.3, 0.4) is 0 Å². The number of hydrogen-bond donors (Lipinski definition) is 8. The molecule has 0 amide bonds. The van der Waals surface area contributed by atoms with Crippen molar-refractivity contribution in [2.24, 2.45) is 0 Å². The first kappa shape index (κ1) is 27.7. The van der Waals surface area contributed by atoms with E-state index in [-0.39, 0.29) is 0 Å². The molecule has 0 aliphatic carbocycles. The van der Waals surface area contributed by atoms with E-state index >= 15 is 0 Å². The Kier molecular flexibility index (Phi) is 9.49. The molecule has 3 saturated heterocycles. The molecule has 11 atom stereocenters. The van der Waals surface area contributed by atoms with Gasteiger partial charge >= 0.3 is 11.9 Å². The Morgan fingerprint density at radius 2 is 1.30 bits per heavy atom. The number of rotatable bonds is 5. The Hall–Kier alpha value is -1.50. The Bertz CT molecular complexity index is 653. The molecule has 33 heavy (non-hydrogen) atoms. The highest BCUT2D eigenvalue weighted by Crippen LogP contribution is 2.35. The quantitative estimate of drug-likeness (QED) is 0.169. The lowest BCUT2D eigenvalue weighted by atomic mass is 9.99. The Morgan fingerprint density at radius 1 is 0.788 bits per heavy atom. The van der Waals surface area contributed by atoms with E-state index in [1.807, 2.05) is 0 Å². The Morgan fingerprint density at radius 3 is 1.73 bits per heavy atom. The summed E-state index contributed by atoms with van der Waals surface area (Å²) < 4.78 is 24.6. The van der Waals surface area contributed by atoms with Gasteiger partial charge in [0.05, 0.1) is 13.2 Å². The van der Waals surface area contributed by atoms with Crippen molar-refractivity contribution in [3.05, 3.63) is 0 Å². The van der Waals surface area contributed by atoms with Crippen LogP contribution in [0.5, 0.6) is 0 Å². The fraction of sp³-hybridized carbons (Fsp3) is 0.889. The monoisotopic (exact) mass is 486 g/mol. The van der Waals surface area contributed by atoms with Gasteiger partial charge in [-0.05, 0) is 13.8 Å². The van der Waals surface area contributed by atoms with Crippen molar-refractivity contribution in [2.75, 3.05) is 19.8 Å². The molecule has 3 aliphatic rings. The first-order valence-corrected chi connectivity index (χ1v) is 10.1. The highest BCUT2D eigenvalue weighted by Gasteiger charge is 2.58. The molecule has 3 heterocycles. The van der Waals surface area contributed by atoms with Gasteiger partial charge in [0.15, 0.2) is 18.5 Å². The smallest absolute Gasteiger partial charge is 0.347 e. The molecule has 0 saturated carbocycles. The van der Waals surface area contributed by atoms with E-state index in [2.05, 4.69) is 9.47 Å². The lowest BCUT2D eigenvalue weighted by molar-refractivity contribution is -0.383. The zero-order valence-corrected chi connectivity index (χ0v) is 17.8. The number of aliphatic hydroxyl groups excluding tert-OH is 8. The number of carbonyl (C=O) groups excluding carboxylic acids is 2. The third-order valence-corrected chi connectivity index (χ3v) is 5.32. The maximum absolute atomic E-state index is 10.7. The summed E-state index contributed by atoms with van der Waals surface area (Å²) in [5.41, 5.74) is 0. The lowest BCUT2D eigenvalue weighted by Gasteiger charge is -2.43. The van der Waals surface area contributed by atoms with Crippen molar-refractivity contribution < 1.29 is 74.1 Å². The van der Waals surface area contributed by atoms with Gasteiger partial charge in [-0.25, -0.2) is 9.59 Å². The first-order chi connectivity index (χ1) is 15.4. The molecule has 0 spiro atoms. The van der Waals surface area contributed by atoms with Gasteiger partial charge in [0.2, 0.25) is 5.79 Å². The van der Waals surface area contributed by atoms with Crippen LogP contribution in [0.1, 0.15) is 13.8 Å². The van der Waals surface area contributed by atoms with Crippen molar-refractivity contribution in [2.45, 2.75) is 80.9 Å². The van der Waals surface area contributed by atoms with E-state index in [0.717, 1.165) is 0 Å². The minimum Gasteiger partial charge on any atom is -0.448 e. The van der Waals surface area contributed by atoms with Crippen molar-refractivity contribution >= 4 is 11.9 Å². The van der Waals surface area contributed by atoms with Crippen LogP contribution in [0.4, 0.5) is 0 Å². The predicted molar refractivity (Wildman–Crippen MR) is 99.7 cm³/mol. The second-order valence-electron chi connectivity index (χ2n) is 7.72. The van der Waals surface area contributed by atoms with Gasteiger partial charge in [-0.3, -0.25) is 0 Å². The van der Waals surface area contributed by atoms with E-state index in [0.29, 0.717) is 0 Å². The third-order valence-electron chi connectivity index (χ3n) is 5.32. The highest BCUT2D eigenvalue weighted by molar-refractivity contribution is 5.86. The fourth-order valence-electron chi connectivity index (χ4n) is 3.27. The van der Waals surface area contributed by atoms with Crippen molar-refractivity contribution in [1.29, 1.82) is 0 Å². The van der Waals surface area contributed by atoms with Crippen LogP contribution in [-0.4, -0.2) is 140 Å². The molecule has 3 aliphatic heterocycles. The molecule has 0 aromatic rings. The molecule has 0 radical (unpaired) electrons. The molecule has 15 nitrogen and oxygen atoms in total. The van der Waals surface area contributed by atoms with Crippen molar-refractivity contribution in [1.82, 2.24) is 0 Å². The number of carbonyl (C=O) groups is 2. The van der Waals surface area contributed by atoms with Gasteiger partial charge in [0, 0.05) is 0 Å². The minimum atomic E-state index is -2.22. The molecule has 2 unspecified atom stereocenters. The van der Waals surface area contributed by atoms with E-state index in [1.165, 1.54) is 13.8 Å². The molecule has 3 fully saturated rings. The summed E-state index contributed by atoms with van der Waals surface area (Å²) in [6.07, 6.45) is -14.1. The van der Waals surface area contributed by atoms with Crippen LogP contribution in [0.15, 0.2) is 0 Å². The second kappa shape index (κ2) is 11.3. The Labute approximate surface area is 187 Å². The molecule has 0 bridgehead atoms. The zero-order valence-electron chi connectivity index (χ0n) is 17.8. The molecule has 192 valence electrons. The highest BCUT2D eigenvalue weighted by atomic mass is 16.8. The summed E-state index contributed by atoms with van der Waals surface area (Å²) in [6.45, 7) is 0.634. The number of aliphatic hydroxyl groups is 8. The van der Waals surface area contributed by atoms with E-state index in [9.17, 15) is 40.2 Å². The second-order valence-corrected chi connectivity index (χ2v) is 7.72. The molecule has 15 heteroatoms. The van der Waals surface area contributed by atoms with Gasteiger partial charge in [-0.15, -0.1) is 0 Å². The number of hydrogen-bond acceptors (Lipinski definition) is 15. The largest absolute Gasteiger partial charge is 0.448 e. The summed E-state index contributed by atoms with van der Waals surface area (Å²) in [7, 11) is 0. The van der Waals surface area contributed by atoms with Crippen LogP contribution < -0.4 is 0 Å². The van der Waals surface area contributed by atoms with Crippen molar-refractivity contribution in [3.63, 3.8) is 0 Å². The van der Waals surface area contributed by atoms with Gasteiger partial charge in [-0.1, -0.05) is 0 Å². The molecule has 0 aromatic heterocycles. The van der Waals surface area contributed by atoms with E-state index in [4.69, 9.17) is 24.4 Å². The van der Waals surface area contributed by atoms with E-state index in [1.54, 1.807) is 0 Å². The van der Waals surface area contributed by atoms with Crippen LogP contribution in [0.2, 0.25) is 0 Å². The average Bonchev–Trinajstić information content (AvgIpc) is 3.03. The third kappa shape index (κ3) is 5.77. The van der Waals surface area contributed by atoms with E-state index < -0.39 is 98.8 Å². The number of ether oxygens (including phenoxy) is 5. The summed E-state index contributed by atoms with van der Waals surface area (Å²) in [6, 6.07) is 0. The Balaban J connectivity index is 0.000000321. The average molecular weight is 486 g/mol. The summed E-state index contributed by atoms with van der Waals surface area (Å²) in [5, 5.41) is 76.7. The molecular weight excluding hydrogens is 456 g/mol. The summed E-state index contributed by atoms with van der Waals surface area (Å²) in [5.74, 6) is -3.18. The molecule has 8 N–H and O–H groups in total. The van der Waals surface area contributed by atoms with Crippen LogP contribution in [0, 0.1) is 0 Å². The van der Waals surface area contributed by atoms with Gasteiger partial charge in [-0.2, -0.15) is 0 Å². The van der Waals surface area contributed by atoms with Crippen LogP contribution in [0.25, 0.3) is 0 Å². The SMILES string of the molecule is CC1OC(=O)C(C)OC1=O.OC[C@H]1O[C@@](CO)(O[C@H]2O[C@H](CO)[C@@H](O)[C@H](O)[C@H]2O)[C@@H](O)[C@@H]1O. The molecular formula is C18H30O15. The zero-order chi connectivity index (χ0) is 25.1. The normalized spacial score (nSPS) is 45.6. The van der Waals surface area contributed by atoms with Crippen molar-refractivity contribution in [3.8, 4) is 0 Å².